The first-order valence-corrected chi connectivity index (χ1v) is 8.93. The van der Waals surface area contributed by atoms with Crippen molar-refractivity contribution in [1.29, 1.82) is 0 Å². The number of rotatable bonds is 3. The third kappa shape index (κ3) is 5.26. The van der Waals surface area contributed by atoms with Gasteiger partial charge in [0.2, 0.25) is 0 Å². The van der Waals surface area contributed by atoms with Gasteiger partial charge < -0.3 is 10.5 Å². The van der Waals surface area contributed by atoms with Gasteiger partial charge >= 0.3 is 0 Å². The number of fused-ring (bicyclic) bond motifs is 1. The number of nitrogens with one attached hydrogen (secondary N) is 3. The molecule has 0 aliphatic rings. The molecule has 0 unspecified atom stereocenters. The maximum atomic E-state index is 11.8. The van der Waals surface area contributed by atoms with Crippen LogP contribution in [0, 0.1) is 0 Å². The lowest BCUT2D eigenvalue weighted by molar-refractivity contribution is -0.121. The molecule has 0 saturated carbocycles. The summed E-state index contributed by atoms with van der Waals surface area (Å²) in [5, 5.41) is 4.50. The number of benzene rings is 2. The lowest BCUT2D eigenvalue weighted by Gasteiger charge is -2.12. The number of thiocarbonyl (C=S) groups is 2. The average molecular weight is 492 g/mol. The van der Waals surface area contributed by atoms with Crippen molar-refractivity contribution in [3.05, 3.63) is 39.3 Å². The van der Waals surface area contributed by atoms with E-state index in [1.807, 2.05) is 24.3 Å². The highest BCUT2D eigenvalue weighted by molar-refractivity contribution is 9.11. The molecule has 2 aromatic rings. The fraction of sp³-hybridized carbons (Fsp3) is 0.0714. The number of halogens is 2. The van der Waals surface area contributed by atoms with E-state index in [2.05, 4.69) is 60.2 Å². The number of amides is 1. The highest BCUT2D eigenvalue weighted by atomic mass is 79.9. The molecule has 0 atom stereocenters. The molecule has 6 nitrogen and oxygen atoms in total. The number of hydrogen-bond donors (Lipinski definition) is 4. The molecule has 0 radical (unpaired) electrons. The molecule has 0 fully saturated rings. The number of hydrazine groups is 1. The van der Waals surface area contributed by atoms with Crippen LogP contribution in [-0.4, -0.2) is 22.7 Å². The van der Waals surface area contributed by atoms with Crippen LogP contribution >= 0.6 is 56.3 Å². The van der Waals surface area contributed by atoms with Gasteiger partial charge in [-0.1, -0.05) is 28.1 Å². The summed E-state index contributed by atoms with van der Waals surface area (Å²) in [5.41, 5.74) is 10.1. The van der Waals surface area contributed by atoms with Crippen molar-refractivity contribution in [2.24, 2.45) is 5.73 Å². The van der Waals surface area contributed by atoms with Crippen LogP contribution in [0.15, 0.2) is 39.3 Å². The third-order valence-corrected chi connectivity index (χ3v) is 4.41. The molecular formula is C14H12Br2N4O2S2. The second kappa shape index (κ2) is 8.56. The molecule has 0 aromatic heterocycles. The van der Waals surface area contributed by atoms with E-state index >= 15 is 0 Å². The zero-order valence-electron chi connectivity index (χ0n) is 12.1. The molecule has 1 amide bonds. The summed E-state index contributed by atoms with van der Waals surface area (Å²) >= 11 is 16.4. The fourth-order valence-electron chi connectivity index (χ4n) is 1.81. The lowest BCUT2D eigenvalue weighted by Crippen LogP contribution is -2.50. The van der Waals surface area contributed by atoms with E-state index in [-0.39, 0.29) is 16.8 Å². The van der Waals surface area contributed by atoms with Crippen LogP contribution in [0.4, 0.5) is 0 Å². The van der Waals surface area contributed by atoms with Gasteiger partial charge in [-0.2, -0.15) is 0 Å². The van der Waals surface area contributed by atoms with Crippen LogP contribution in [0.5, 0.6) is 5.75 Å². The monoisotopic (exact) mass is 490 g/mol. The van der Waals surface area contributed by atoms with Crippen molar-refractivity contribution in [2.75, 3.05) is 6.61 Å². The van der Waals surface area contributed by atoms with Crippen LogP contribution in [0.25, 0.3) is 10.8 Å². The van der Waals surface area contributed by atoms with Gasteiger partial charge in [-0.25, -0.2) is 0 Å². The van der Waals surface area contributed by atoms with Crippen molar-refractivity contribution in [3.63, 3.8) is 0 Å². The molecule has 0 bridgehead atoms. The smallest absolute Gasteiger partial charge is 0.264 e. The van der Waals surface area contributed by atoms with Crippen LogP contribution in [-0.2, 0) is 4.79 Å². The second-order valence-electron chi connectivity index (χ2n) is 4.52. The molecule has 0 saturated heterocycles. The van der Waals surface area contributed by atoms with E-state index in [1.165, 1.54) is 0 Å². The molecule has 0 aliphatic carbocycles. The molecule has 10 heteroatoms. The van der Waals surface area contributed by atoms with Gasteiger partial charge in [-0.05, 0) is 69.3 Å². The summed E-state index contributed by atoms with van der Waals surface area (Å²) in [6, 6.07) is 9.59. The molecule has 2 rings (SSSR count). The lowest BCUT2D eigenvalue weighted by atomic mass is 10.1. The number of hydrogen-bond acceptors (Lipinski definition) is 4. The summed E-state index contributed by atoms with van der Waals surface area (Å²) in [6.07, 6.45) is 0. The Morgan fingerprint density at radius 2 is 1.92 bits per heavy atom. The predicted octanol–water partition coefficient (Wildman–Crippen LogP) is 2.48. The van der Waals surface area contributed by atoms with Crippen molar-refractivity contribution in [3.8, 4) is 5.75 Å². The molecule has 126 valence electrons. The molecule has 2 aromatic carbocycles. The first-order chi connectivity index (χ1) is 11.4. The van der Waals surface area contributed by atoms with E-state index in [1.54, 1.807) is 6.07 Å². The summed E-state index contributed by atoms with van der Waals surface area (Å²) in [7, 11) is 0. The molecular weight excluding hydrogens is 480 g/mol. The molecule has 0 aliphatic heterocycles. The topological polar surface area (TPSA) is 88.4 Å². The minimum absolute atomic E-state index is 0.00887. The van der Waals surface area contributed by atoms with Gasteiger partial charge in [-0.3, -0.25) is 21.0 Å². The van der Waals surface area contributed by atoms with Gasteiger partial charge in [0, 0.05) is 4.47 Å². The third-order valence-electron chi connectivity index (χ3n) is 2.79. The van der Waals surface area contributed by atoms with Gasteiger partial charge in [0.1, 0.15) is 5.75 Å². The summed E-state index contributed by atoms with van der Waals surface area (Å²) in [6.45, 7) is -0.199. The Morgan fingerprint density at radius 1 is 1.17 bits per heavy atom. The minimum Gasteiger partial charge on any atom is -0.483 e. The van der Waals surface area contributed by atoms with Gasteiger partial charge in [-0.15, -0.1) is 0 Å². The Kier molecular flexibility index (Phi) is 6.72. The highest BCUT2D eigenvalue weighted by Crippen LogP contribution is 2.34. The molecule has 0 spiro atoms. The van der Waals surface area contributed by atoms with E-state index in [0.717, 1.165) is 19.7 Å². The normalized spacial score (nSPS) is 10.1. The second-order valence-corrected chi connectivity index (χ2v) is 7.08. The summed E-state index contributed by atoms with van der Waals surface area (Å²) in [4.78, 5) is 11.8. The van der Waals surface area contributed by atoms with Crippen LogP contribution in [0.1, 0.15) is 0 Å². The Labute approximate surface area is 165 Å². The quantitative estimate of drug-likeness (QED) is 0.387. The van der Waals surface area contributed by atoms with E-state index < -0.39 is 5.91 Å². The number of ether oxygens (including phenoxy) is 1. The number of carbonyl (C=O) groups excluding carboxylic acids is 1. The Hall–Kier alpha value is -1.49. The first kappa shape index (κ1) is 18.8. The van der Waals surface area contributed by atoms with Gasteiger partial charge in [0.25, 0.3) is 5.91 Å². The van der Waals surface area contributed by atoms with Crippen molar-refractivity contribution in [1.82, 2.24) is 16.2 Å². The van der Waals surface area contributed by atoms with Gasteiger partial charge in [0.15, 0.2) is 16.8 Å². The van der Waals surface area contributed by atoms with Crippen LogP contribution in [0.2, 0.25) is 0 Å². The highest BCUT2D eigenvalue weighted by Gasteiger charge is 2.10. The predicted molar refractivity (Wildman–Crippen MR) is 109 cm³/mol. The SMILES string of the molecule is NC(=S)NNC(=S)NC(=O)COc1ccc2cc(Br)ccc2c1Br. The van der Waals surface area contributed by atoms with E-state index in [0.29, 0.717) is 5.75 Å². The standard InChI is InChI=1S/C14H12Br2N4O2S2/c15-8-2-3-9-7(5-8)1-4-10(12(9)16)22-6-11(21)18-14(24)20-19-13(17)23/h1-5H,6H2,(H3,17,19,23)(H2,18,20,21,24). The zero-order valence-corrected chi connectivity index (χ0v) is 16.9. The van der Waals surface area contributed by atoms with Crippen LogP contribution in [0.3, 0.4) is 0 Å². The largest absolute Gasteiger partial charge is 0.483 e. The van der Waals surface area contributed by atoms with Gasteiger partial charge in [0.05, 0.1) is 4.47 Å². The zero-order chi connectivity index (χ0) is 17.7. The molecule has 0 heterocycles. The molecule has 24 heavy (non-hydrogen) atoms. The van der Waals surface area contributed by atoms with Crippen molar-refractivity contribution < 1.29 is 9.53 Å². The Bertz CT molecular complexity index is 817. The molecule has 5 N–H and O–H groups in total. The summed E-state index contributed by atoms with van der Waals surface area (Å²) < 4.78 is 7.30. The first-order valence-electron chi connectivity index (χ1n) is 6.52. The average Bonchev–Trinajstić information content (AvgIpc) is 2.52. The fourth-order valence-corrected chi connectivity index (χ4v) is 3.01. The van der Waals surface area contributed by atoms with E-state index in [4.69, 9.17) is 22.7 Å². The number of nitrogens with two attached hydrogens (primary N) is 1. The van der Waals surface area contributed by atoms with E-state index in [9.17, 15) is 4.79 Å². The summed E-state index contributed by atoms with van der Waals surface area (Å²) in [5.74, 6) is 0.139. The van der Waals surface area contributed by atoms with Crippen molar-refractivity contribution in [2.45, 2.75) is 0 Å². The number of carbonyl (C=O) groups is 1. The van der Waals surface area contributed by atoms with Crippen molar-refractivity contribution >= 4 is 83.2 Å². The minimum atomic E-state index is -0.417. The maximum absolute atomic E-state index is 11.8. The Balaban J connectivity index is 1.96. The van der Waals surface area contributed by atoms with Crippen LogP contribution < -0.4 is 26.6 Å². The maximum Gasteiger partial charge on any atom is 0.264 e. The Morgan fingerprint density at radius 3 is 2.62 bits per heavy atom.